The molecule has 0 aliphatic rings. The minimum atomic E-state index is -0.526. The van der Waals surface area contributed by atoms with Crippen molar-refractivity contribution in [3.8, 4) is 0 Å². The summed E-state index contributed by atoms with van der Waals surface area (Å²) < 4.78 is 0. The van der Waals surface area contributed by atoms with Gasteiger partial charge in [0, 0.05) is 11.6 Å². The fraction of sp³-hybridized carbons (Fsp3) is 0.500. The van der Waals surface area contributed by atoms with E-state index in [0.29, 0.717) is 0 Å². The Morgan fingerprint density at radius 3 is 2.47 bits per heavy atom. The van der Waals surface area contributed by atoms with Gasteiger partial charge in [0.2, 0.25) is 7.85 Å². The Labute approximate surface area is 106 Å². The topological polar surface area (TPSA) is 29.1 Å². The highest BCUT2D eigenvalue weighted by atomic mass is 16.1. The number of hydrogen-bond acceptors (Lipinski definition) is 1. The van der Waals surface area contributed by atoms with Gasteiger partial charge < -0.3 is 5.32 Å². The summed E-state index contributed by atoms with van der Waals surface area (Å²) in [5.41, 5.74) is 0.943. The predicted octanol–water partition coefficient (Wildman–Crippen LogP) is 3.56. The van der Waals surface area contributed by atoms with E-state index in [9.17, 15) is 4.79 Å². The number of amides is 1. The van der Waals surface area contributed by atoms with Crippen molar-refractivity contribution in [1.82, 2.24) is 5.32 Å². The second-order valence-electron chi connectivity index (χ2n) is 4.80. The molecule has 0 rings (SSSR count). The monoisotopic (exact) mass is 231 g/mol. The molecule has 1 N–H and O–H groups in total. The third kappa shape index (κ3) is 5.57. The molecule has 0 saturated heterocycles. The Kier molecular flexibility index (Phi) is 6.63. The Morgan fingerprint density at radius 1 is 1.47 bits per heavy atom. The smallest absolute Gasteiger partial charge is 0.200 e. The highest BCUT2D eigenvalue weighted by Crippen LogP contribution is 2.34. The summed E-state index contributed by atoms with van der Waals surface area (Å²) in [6, 6.07) is 0. The van der Waals surface area contributed by atoms with E-state index in [4.69, 9.17) is 7.85 Å². The Bertz CT molecular complexity index is 329. The van der Waals surface area contributed by atoms with Gasteiger partial charge in [-0.1, -0.05) is 58.9 Å². The van der Waals surface area contributed by atoms with Crippen molar-refractivity contribution in [2.45, 2.75) is 34.1 Å². The molecule has 0 aromatic heterocycles. The first kappa shape index (κ1) is 15.8. The van der Waals surface area contributed by atoms with E-state index in [1.807, 2.05) is 18.2 Å². The fourth-order valence-corrected chi connectivity index (χ4v) is 1.40. The molecule has 2 radical (unpaired) electrons. The van der Waals surface area contributed by atoms with Crippen LogP contribution < -0.4 is 5.32 Å². The van der Waals surface area contributed by atoms with Gasteiger partial charge in [0.25, 0.3) is 0 Å². The molecule has 2 nitrogen and oxygen atoms in total. The zero-order valence-corrected chi connectivity index (χ0v) is 11.3. The van der Waals surface area contributed by atoms with Crippen LogP contribution in [-0.2, 0) is 0 Å². The Hall–Kier alpha value is -1.25. The van der Waals surface area contributed by atoms with Crippen molar-refractivity contribution >= 4 is 13.7 Å². The number of carbonyl (C=O) groups excluding carboxylic acids is 1. The van der Waals surface area contributed by atoms with E-state index in [-0.39, 0.29) is 11.3 Å². The van der Waals surface area contributed by atoms with Crippen molar-refractivity contribution in [3.63, 3.8) is 0 Å². The normalized spacial score (nSPS) is 14.7. The lowest BCUT2D eigenvalue weighted by atomic mass is 9.76. The molecule has 0 aromatic rings. The second kappa shape index (κ2) is 7.15. The predicted molar refractivity (Wildman–Crippen MR) is 74.9 cm³/mol. The minimum Gasteiger partial charge on any atom is -0.339 e. The molecule has 0 heterocycles. The summed E-state index contributed by atoms with van der Waals surface area (Å²) in [7, 11) is 5.18. The van der Waals surface area contributed by atoms with Gasteiger partial charge in [0.05, 0.1) is 0 Å². The summed E-state index contributed by atoms with van der Waals surface area (Å²) in [4.78, 5) is 11.0. The Balaban J connectivity index is 5.03. The lowest BCUT2D eigenvalue weighted by molar-refractivity contribution is 0.239. The molecule has 0 aliphatic heterocycles. The van der Waals surface area contributed by atoms with Crippen LogP contribution in [0.5, 0.6) is 0 Å². The number of nitrogens with one attached hydrogen (secondary N) is 1. The molecule has 92 valence electrons. The first-order valence-corrected chi connectivity index (χ1v) is 5.91. The average molecular weight is 231 g/mol. The van der Waals surface area contributed by atoms with Gasteiger partial charge in [-0.25, -0.2) is 0 Å². The van der Waals surface area contributed by atoms with Crippen LogP contribution in [0.3, 0.4) is 0 Å². The van der Waals surface area contributed by atoms with E-state index < -0.39 is 5.81 Å². The van der Waals surface area contributed by atoms with Gasteiger partial charge in [-0.2, -0.15) is 0 Å². The van der Waals surface area contributed by atoms with Gasteiger partial charge in [0.1, 0.15) is 0 Å². The molecule has 0 saturated carbocycles. The van der Waals surface area contributed by atoms with Crippen LogP contribution in [0.15, 0.2) is 36.6 Å². The summed E-state index contributed by atoms with van der Waals surface area (Å²) in [6.45, 7) is 12.2. The van der Waals surface area contributed by atoms with Crippen LogP contribution in [0.4, 0.5) is 4.79 Å². The molecule has 1 unspecified atom stereocenters. The van der Waals surface area contributed by atoms with Crippen molar-refractivity contribution < 1.29 is 4.79 Å². The Morgan fingerprint density at radius 2 is 2.06 bits per heavy atom. The summed E-state index contributed by atoms with van der Waals surface area (Å²) >= 11 is 0. The number of carbonyl (C=O) groups is 1. The first-order chi connectivity index (χ1) is 7.85. The standard InChI is InChI=1S/C14H22BNO/c1-6-8-9-10-12(16-13(15)17)11(3)14(4,5)7-2/h6,8-11H,1,7H2,2-5H3,(H,16,17)/b9-8-,12-10+. The van der Waals surface area contributed by atoms with Crippen LogP contribution in [0.2, 0.25) is 0 Å². The minimum absolute atomic E-state index is 0.107. The molecule has 0 fully saturated rings. The van der Waals surface area contributed by atoms with E-state index in [0.717, 1.165) is 12.1 Å². The molecule has 0 spiro atoms. The summed E-state index contributed by atoms with van der Waals surface area (Å²) in [5, 5.41) is 2.69. The maximum absolute atomic E-state index is 11.0. The first-order valence-electron chi connectivity index (χ1n) is 5.91. The molecule has 0 bridgehead atoms. The summed E-state index contributed by atoms with van der Waals surface area (Å²) in [6.07, 6.45) is 8.24. The van der Waals surface area contributed by atoms with Gasteiger partial charge in [-0.3, -0.25) is 4.79 Å². The van der Waals surface area contributed by atoms with E-state index in [1.165, 1.54) is 0 Å². The number of hydrogen-bond donors (Lipinski definition) is 1. The van der Waals surface area contributed by atoms with E-state index >= 15 is 0 Å². The van der Waals surface area contributed by atoms with Crippen LogP contribution in [0.25, 0.3) is 0 Å². The van der Waals surface area contributed by atoms with Crippen LogP contribution in [-0.4, -0.2) is 13.7 Å². The van der Waals surface area contributed by atoms with Gasteiger partial charge in [0.15, 0.2) is 5.81 Å². The van der Waals surface area contributed by atoms with Gasteiger partial charge >= 0.3 is 0 Å². The SMILES string of the molecule is [B]C(=O)N/C(=C/C=C\C=C)C(C)C(C)(C)CC. The van der Waals surface area contributed by atoms with E-state index in [2.05, 4.69) is 39.6 Å². The lowest BCUT2D eigenvalue weighted by Crippen LogP contribution is -2.32. The van der Waals surface area contributed by atoms with Gasteiger partial charge in [-0.05, 0) is 11.5 Å². The molecule has 17 heavy (non-hydrogen) atoms. The van der Waals surface area contributed by atoms with Crippen LogP contribution >= 0.6 is 0 Å². The quantitative estimate of drug-likeness (QED) is 0.549. The zero-order chi connectivity index (χ0) is 13.5. The van der Waals surface area contributed by atoms with Crippen LogP contribution in [0.1, 0.15) is 34.1 Å². The number of rotatable bonds is 6. The largest absolute Gasteiger partial charge is 0.339 e. The fourth-order valence-electron chi connectivity index (χ4n) is 1.40. The second-order valence-corrected chi connectivity index (χ2v) is 4.80. The molecular weight excluding hydrogens is 209 g/mol. The molecule has 3 heteroatoms. The molecular formula is C14H22BNO. The van der Waals surface area contributed by atoms with Crippen molar-refractivity contribution in [2.75, 3.05) is 0 Å². The van der Waals surface area contributed by atoms with Crippen LogP contribution in [0, 0.1) is 11.3 Å². The van der Waals surface area contributed by atoms with Crippen molar-refractivity contribution in [2.24, 2.45) is 11.3 Å². The lowest BCUT2D eigenvalue weighted by Gasteiger charge is -2.32. The summed E-state index contributed by atoms with van der Waals surface area (Å²) in [5.74, 6) is -0.309. The zero-order valence-electron chi connectivity index (χ0n) is 11.3. The molecule has 0 aromatic carbocycles. The van der Waals surface area contributed by atoms with Crippen molar-refractivity contribution in [3.05, 3.63) is 36.6 Å². The molecule has 1 atom stereocenters. The maximum atomic E-state index is 11.0. The maximum Gasteiger partial charge on any atom is 0.200 e. The van der Waals surface area contributed by atoms with Gasteiger partial charge in [-0.15, -0.1) is 0 Å². The molecule has 1 amide bonds. The highest BCUT2D eigenvalue weighted by Gasteiger charge is 2.26. The third-order valence-corrected chi connectivity index (χ3v) is 3.34. The molecule has 0 aliphatic carbocycles. The third-order valence-electron chi connectivity index (χ3n) is 3.34. The highest BCUT2D eigenvalue weighted by molar-refractivity contribution is 6.57. The van der Waals surface area contributed by atoms with Crippen molar-refractivity contribution in [1.29, 1.82) is 0 Å². The average Bonchev–Trinajstić information content (AvgIpc) is 2.26. The van der Waals surface area contributed by atoms with E-state index in [1.54, 1.807) is 6.08 Å². The number of allylic oxidation sites excluding steroid dienone is 5.